The Morgan fingerprint density at radius 2 is 2.12 bits per heavy atom. The standard InChI is InChI=1S/C15H26N2/c1-4-6-7-13(5-2)10-15(16)14-11-17-9-8-12(14)3/h8-9,11,13,15H,4-7,10,16H2,1-3H3. The molecule has 2 N–H and O–H groups in total. The highest BCUT2D eigenvalue weighted by atomic mass is 14.7. The molecule has 2 atom stereocenters. The summed E-state index contributed by atoms with van der Waals surface area (Å²) >= 11 is 0. The Bertz CT molecular complexity index is 322. The van der Waals surface area contributed by atoms with E-state index in [9.17, 15) is 0 Å². The summed E-state index contributed by atoms with van der Waals surface area (Å²) in [5.74, 6) is 0.754. The van der Waals surface area contributed by atoms with Crippen LogP contribution >= 0.6 is 0 Å². The van der Waals surface area contributed by atoms with Crippen molar-refractivity contribution < 1.29 is 0 Å². The summed E-state index contributed by atoms with van der Waals surface area (Å²) < 4.78 is 0. The lowest BCUT2D eigenvalue weighted by molar-refractivity contribution is 0.387. The van der Waals surface area contributed by atoms with Crippen LogP contribution in [-0.4, -0.2) is 4.98 Å². The van der Waals surface area contributed by atoms with Crippen molar-refractivity contribution in [1.82, 2.24) is 4.98 Å². The third-order valence-electron chi connectivity index (χ3n) is 3.61. The predicted molar refractivity (Wildman–Crippen MR) is 73.8 cm³/mol. The Balaban J connectivity index is 2.58. The van der Waals surface area contributed by atoms with Crippen LogP contribution in [0.4, 0.5) is 0 Å². The van der Waals surface area contributed by atoms with Crippen molar-refractivity contribution in [1.29, 1.82) is 0 Å². The molecule has 0 radical (unpaired) electrons. The molecule has 0 amide bonds. The number of hydrogen-bond donors (Lipinski definition) is 1. The van der Waals surface area contributed by atoms with Crippen LogP contribution in [0.2, 0.25) is 0 Å². The number of nitrogens with zero attached hydrogens (tertiary/aromatic N) is 1. The molecule has 1 aromatic rings. The lowest BCUT2D eigenvalue weighted by atomic mass is 9.89. The third-order valence-corrected chi connectivity index (χ3v) is 3.61. The van der Waals surface area contributed by atoms with E-state index in [2.05, 4.69) is 25.8 Å². The molecule has 0 saturated carbocycles. The number of unbranched alkanes of at least 4 members (excludes halogenated alkanes) is 1. The summed E-state index contributed by atoms with van der Waals surface area (Å²) in [5.41, 5.74) is 8.78. The van der Waals surface area contributed by atoms with Gasteiger partial charge in [-0.3, -0.25) is 4.98 Å². The Labute approximate surface area is 106 Å². The summed E-state index contributed by atoms with van der Waals surface area (Å²) in [6, 6.07) is 2.19. The average molecular weight is 234 g/mol. The van der Waals surface area contributed by atoms with Crippen LogP contribution in [0, 0.1) is 12.8 Å². The zero-order valence-corrected chi connectivity index (χ0v) is 11.4. The van der Waals surface area contributed by atoms with E-state index < -0.39 is 0 Å². The molecule has 1 heterocycles. The van der Waals surface area contributed by atoms with Crippen LogP contribution < -0.4 is 5.73 Å². The maximum absolute atomic E-state index is 6.30. The molecule has 0 saturated heterocycles. The van der Waals surface area contributed by atoms with E-state index in [1.165, 1.54) is 36.8 Å². The van der Waals surface area contributed by atoms with Gasteiger partial charge < -0.3 is 5.73 Å². The molecule has 96 valence electrons. The molecule has 0 aromatic carbocycles. The molecule has 2 heteroatoms. The SMILES string of the molecule is CCCCC(CC)CC(N)c1cnccc1C. The van der Waals surface area contributed by atoms with Gasteiger partial charge in [0.2, 0.25) is 0 Å². The van der Waals surface area contributed by atoms with Gasteiger partial charge in [0.15, 0.2) is 0 Å². The van der Waals surface area contributed by atoms with E-state index in [4.69, 9.17) is 5.73 Å². The van der Waals surface area contributed by atoms with Crippen molar-refractivity contribution in [3.63, 3.8) is 0 Å². The second kappa shape index (κ2) is 7.44. The molecule has 0 aliphatic carbocycles. The maximum atomic E-state index is 6.30. The molecule has 17 heavy (non-hydrogen) atoms. The number of nitrogens with two attached hydrogens (primary N) is 1. The predicted octanol–water partition coefficient (Wildman–Crippen LogP) is 4.00. The lowest BCUT2D eigenvalue weighted by Crippen LogP contribution is -2.16. The fourth-order valence-corrected chi connectivity index (χ4v) is 2.33. The van der Waals surface area contributed by atoms with Crippen LogP contribution in [0.1, 0.15) is 63.1 Å². The van der Waals surface area contributed by atoms with Crippen LogP contribution in [0.25, 0.3) is 0 Å². The number of aryl methyl sites for hydroxylation is 1. The van der Waals surface area contributed by atoms with Gasteiger partial charge >= 0.3 is 0 Å². The van der Waals surface area contributed by atoms with Gasteiger partial charge in [0.25, 0.3) is 0 Å². The number of aromatic nitrogens is 1. The molecule has 0 aliphatic rings. The molecule has 0 aliphatic heterocycles. The number of rotatable bonds is 7. The Morgan fingerprint density at radius 1 is 1.35 bits per heavy atom. The first-order valence-electron chi connectivity index (χ1n) is 6.85. The van der Waals surface area contributed by atoms with Crippen molar-refractivity contribution in [3.8, 4) is 0 Å². The van der Waals surface area contributed by atoms with E-state index in [1.807, 2.05) is 18.5 Å². The first-order chi connectivity index (χ1) is 8.19. The largest absolute Gasteiger partial charge is 0.324 e. The van der Waals surface area contributed by atoms with Gasteiger partial charge in [0, 0.05) is 18.4 Å². The van der Waals surface area contributed by atoms with Gasteiger partial charge in [0.1, 0.15) is 0 Å². The molecule has 0 spiro atoms. The number of hydrogen-bond acceptors (Lipinski definition) is 2. The monoisotopic (exact) mass is 234 g/mol. The van der Waals surface area contributed by atoms with Gasteiger partial charge in [-0.2, -0.15) is 0 Å². The Morgan fingerprint density at radius 3 is 2.71 bits per heavy atom. The average Bonchev–Trinajstić information content (AvgIpc) is 2.34. The highest BCUT2D eigenvalue weighted by Crippen LogP contribution is 2.26. The molecule has 2 nitrogen and oxygen atoms in total. The molecular weight excluding hydrogens is 208 g/mol. The number of pyridine rings is 1. The minimum Gasteiger partial charge on any atom is -0.324 e. The van der Waals surface area contributed by atoms with E-state index in [0.717, 1.165) is 12.3 Å². The molecule has 1 rings (SSSR count). The smallest absolute Gasteiger partial charge is 0.0318 e. The highest BCUT2D eigenvalue weighted by Gasteiger charge is 2.14. The van der Waals surface area contributed by atoms with E-state index in [1.54, 1.807) is 0 Å². The summed E-state index contributed by atoms with van der Waals surface area (Å²) in [6.07, 6.45) is 9.97. The fraction of sp³-hybridized carbons (Fsp3) is 0.667. The van der Waals surface area contributed by atoms with E-state index >= 15 is 0 Å². The van der Waals surface area contributed by atoms with Gasteiger partial charge in [-0.1, -0.05) is 39.5 Å². The van der Waals surface area contributed by atoms with Crippen molar-refractivity contribution in [2.24, 2.45) is 11.7 Å². The zero-order chi connectivity index (χ0) is 12.7. The second-order valence-electron chi connectivity index (χ2n) is 4.99. The highest BCUT2D eigenvalue weighted by molar-refractivity contribution is 5.24. The maximum Gasteiger partial charge on any atom is 0.0318 e. The van der Waals surface area contributed by atoms with E-state index in [-0.39, 0.29) is 6.04 Å². The van der Waals surface area contributed by atoms with Gasteiger partial charge in [0.05, 0.1) is 0 Å². The van der Waals surface area contributed by atoms with Crippen molar-refractivity contribution in [3.05, 3.63) is 29.6 Å². The van der Waals surface area contributed by atoms with Gasteiger partial charge in [-0.25, -0.2) is 0 Å². The molecule has 0 bridgehead atoms. The molecular formula is C15H26N2. The van der Waals surface area contributed by atoms with Crippen molar-refractivity contribution in [2.45, 2.75) is 58.9 Å². The second-order valence-corrected chi connectivity index (χ2v) is 4.99. The zero-order valence-electron chi connectivity index (χ0n) is 11.4. The van der Waals surface area contributed by atoms with Crippen LogP contribution in [0.3, 0.4) is 0 Å². The molecule has 0 fully saturated rings. The lowest BCUT2D eigenvalue weighted by Gasteiger charge is -2.20. The fourth-order valence-electron chi connectivity index (χ4n) is 2.33. The first kappa shape index (κ1) is 14.2. The normalized spacial score (nSPS) is 14.6. The van der Waals surface area contributed by atoms with Crippen molar-refractivity contribution in [2.75, 3.05) is 0 Å². The topological polar surface area (TPSA) is 38.9 Å². The minimum absolute atomic E-state index is 0.144. The van der Waals surface area contributed by atoms with Crippen LogP contribution in [0.5, 0.6) is 0 Å². The van der Waals surface area contributed by atoms with Gasteiger partial charge in [-0.05, 0) is 36.5 Å². The Hall–Kier alpha value is -0.890. The Kier molecular flexibility index (Phi) is 6.20. The minimum atomic E-state index is 0.144. The summed E-state index contributed by atoms with van der Waals surface area (Å²) in [7, 11) is 0. The molecule has 1 aromatic heterocycles. The summed E-state index contributed by atoms with van der Waals surface area (Å²) in [6.45, 7) is 6.63. The third kappa shape index (κ3) is 4.47. The summed E-state index contributed by atoms with van der Waals surface area (Å²) in [5, 5.41) is 0. The van der Waals surface area contributed by atoms with Crippen LogP contribution in [-0.2, 0) is 0 Å². The quantitative estimate of drug-likeness (QED) is 0.774. The van der Waals surface area contributed by atoms with E-state index in [0.29, 0.717) is 0 Å². The van der Waals surface area contributed by atoms with Crippen LogP contribution in [0.15, 0.2) is 18.5 Å². The molecule has 2 unspecified atom stereocenters. The first-order valence-corrected chi connectivity index (χ1v) is 6.85. The van der Waals surface area contributed by atoms with Gasteiger partial charge in [-0.15, -0.1) is 0 Å². The summed E-state index contributed by atoms with van der Waals surface area (Å²) in [4.78, 5) is 4.18. The van der Waals surface area contributed by atoms with Crippen molar-refractivity contribution >= 4 is 0 Å².